The number of nitrogens with zero attached hydrogens (tertiary/aromatic N) is 1. The monoisotopic (exact) mass is 485 g/mol. The highest BCUT2D eigenvalue weighted by Crippen LogP contribution is 2.18. The molecule has 3 aromatic rings. The van der Waals surface area contributed by atoms with Crippen molar-refractivity contribution in [2.24, 2.45) is 0 Å². The molecule has 7 nitrogen and oxygen atoms in total. The number of hydrogen-bond donors (Lipinski definition) is 0. The lowest BCUT2D eigenvalue weighted by atomic mass is 10.1. The Morgan fingerprint density at radius 3 is 2.28 bits per heavy atom. The summed E-state index contributed by atoms with van der Waals surface area (Å²) in [6.07, 6.45) is 9.27. The number of benzene rings is 3. The average molecular weight is 486 g/mol. The minimum absolute atomic E-state index is 0.0806. The first-order valence-electron chi connectivity index (χ1n) is 11.6. The minimum Gasteiger partial charge on any atom is -0.494 e. The standard InChI is InChI=1S/C29H27NO6/c1-2-3-4-20-35-26-16-8-22(9-17-26)11-19-29(32)36-27-7-5-6-23(21-27)10-18-28(31)24-12-14-25(15-13-24)30(33)34/h5-19,21H,2-4,20H2,1H3/b18-10+,19-11+. The quantitative estimate of drug-likeness (QED) is 0.0540. The molecule has 0 saturated heterocycles. The van der Waals surface area contributed by atoms with Crippen molar-refractivity contribution in [3.63, 3.8) is 0 Å². The lowest BCUT2D eigenvalue weighted by Crippen LogP contribution is -2.03. The fraction of sp³-hybridized carbons (Fsp3) is 0.172. The van der Waals surface area contributed by atoms with Gasteiger partial charge >= 0.3 is 5.97 Å². The van der Waals surface area contributed by atoms with Gasteiger partial charge in [0.15, 0.2) is 5.78 Å². The highest BCUT2D eigenvalue weighted by atomic mass is 16.6. The van der Waals surface area contributed by atoms with Crippen molar-refractivity contribution in [1.29, 1.82) is 0 Å². The van der Waals surface area contributed by atoms with Gasteiger partial charge in [-0.2, -0.15) is 0 Å². The zero-order valence-corrected chi connectivity index (χ0v) is 20.0. The van der Waals surface area contributed by atoms with Crippen molar-refractivity contribution in [2.45, 2.75) is 26.2 Å². The number of rotatable bonds is 12. The van der Waals surface area contributed by atoms with E-state index in [1.807, 2.05) is 24.3 Å². The third-order valence-electron chi connectivity index (χ3n) is 5.17. The number of nitro groups is 1. The fourth-order valence-corrected chi connectivity index (χ4v) is 3.23. The Morgan fingerprint density at radius 2 is 1.58 bits per heavy atom. The van der Waals surface area contributed by atoms with Gasteiger partial charge in [0.2, 0.25) is 0 Å². The van der Waals surface area contributed by atoms with Crippen molar-refractivity contribution >= 4 is 29.6 Å². The summed E-state index contributed by atoms with van der Waals surface area (Å²) < 4.78 is 11.1. The number of hydrogen-bond acceptors (Lipinski definition) is 6. The van der Waals surface area contributed by atoms with Crippen LogP contribution in [0.4, 0.5) is 5.69 Å². The lowest BCUT2D eigenvalue weighted by Gasteiger charge is -2.05. The third-order valence-corrected chi connectivity index (χ3v) is 5.17. The van der Waals surface area contributed by atoms with E-state index in [0.717, 1.165) is 30.6 Å². The molecule has 0 aromatic heterocycles. The Morgan fingerprint density at radius 1 is 0.861 bits per heavy atom. The number of allylic oxidation sites excluding steroid dienone is 1. The molecular formula is C29H27NO6. The topological polar surface area (TPSA) is 95.7 Å². The summed E-state index contributed by atoms with van der Waals surface area (Å²) in [5, 5.41) is 10.7. The molecule has 0 atom stereocenters. The number of non-ortho nitro benzene ring substituents is 1. The van der Waals surface area contributed by atoms with Crippen molar-refractivity contribution in [3.8, 4) is 11.5 Å². The van der Waals surface area contributed by atoms with Gasteiger partial charge < -0.3 is 9.47 Å². The van der Waals surface area contributed by atoms with Gasteiger partial charge in [-0.25, -0.2) is 4.79 Å². The van der Waals surface area contributed by atoms with E-state index in [9.17, 15) is 19.7 Å². The van der Waals surface area contributed by atoms with Crippen LogP contribution in [0.15, 0.2) is 84.9 Å². The van der Waals surface area contributed by atoms with Crippen molar-refractivity contribution in [3.05, 3.63) is 112 Å². The van der Waals surface area contributed by atoms with Gasteiger partial charge in [0.1, 0.15) is 11.5 Å². The molecule has 3 aromatic carbocycles. The second-order valence-corrected chi connectivity index (χ2v) is 7.95. The maximum absolute atomic E-state index is 12.3. The molecule has 3 rings (SSSR count). The van der Waals surface area contributed by atoms with Crippen LogP contribution in [0.1, 0.15) is 47.7 Å². The van der Waals surface area contributed by atoms with Gasteiger partial charge in [0, 0.05) is 23.8 Å². The number of ketones is 1. The number of nitro benzene ring substituents is 1. The van der Waals surface area contributed by atoms with Crippen LogP contribution in [-0.2, 0) is 4.79 Å². The highest BCUT2D eigenvalue weighted by Gasteiger charge is 2.07. The Hall–Kier alpha value is -4.52. The number of ether oxygens (including phenoxy) is 2. The molecule has 0 unspecified atom stereocenters. The highest BCUT2D eigenvalue weighted by molar-refractivity contribution is 6.06. The summed E-state index contributed by atoms with van der Waals surface area (Å²) in [6.45, 7) is 2.84. The van der Waals surface area contributed by atoms with Crippen molar-refractivity contribution in [2.75, 3.05) is 6.61 Å². The van der Waals surface area contributed by atoms with E-state index in [1.165, 1.54) is 36.4 Å². The first-order chi connectivity index (χ1) is 17.4. The summed E-state index contributed by atoms with van der Waals surface area (Å²) >= 11 is 0. The van der Waals surface area contributed by atoms with E-state index in [1.54, 1.807) is 36.4 Å². The molecule has 0 aliphatic carbocycles. The predicted molar refractivity (Wildman–Crippen MR) is 139 cm³/mol. The Bertz CT molecular complexity index is 1240. The number of carbonyl (C=O) groups is 2. The zero-order valence-electron chi connectivity index (χ0n) is 20.0. The fourth-order valence-electron chi connectivity index (χ4n) is 3.23. The molecule has 0 spiro atoms. The number of unbranched alkanes of at least 4 members (excludes halogenated alkanes) is 2. The first-order valence-corrected chi connectivity index (χ1v) is 11.6. The summed E-state index contributed by atoms with van der Waals surface area (Å²) in [5.74, 6) is 0.304. The van der Waals surface area contributed by atoms with Crippen molar-refractivity contribution < 1.29 is 24.0 Å². The SMILES string of the molecule is CCCCCOc1ccc(/C=C/C(=O)Oc2cccc(/C=C/C(=O)c3ccc([N+](=O)[O-])cc3)c2)cc1. The van der Waals surface area contributed by atoms with E-state index >= 15 is 0 Å². The summed E-state index contributed by atoms with van der Waals surface area (Å²) in [5.41, 5.74) is 1.76. The molecule has 184 valence electrons. The zero-order chi connectivity index (χ0) is 25.8. The maximum atomic E-state index is 12.3. The van der Waals surface area contributed by atoms with Gasteiger partial charge in [-0.05, 0) is 66.1 Å². The molecule has 0 aliphatic rings. The Balaban J connectivity index is 1.53. The number of esters is 1. The summed E-state index contributed by atoms with van der Waals surface area (Å²) in [4.78, 5) is 34.8. The van der Waals surface area contributed by atoms with E-state index < -0.39 is 10.9 Å². The van der Waals surface area contributed by atoms with Gasteiger partial charge in [-0.1, -0.05) is 50.1 Å². The molecule has 0 radical (unpaired) electrons. The van der Waals surface area contributed by atoms with Gasteiger partial charge in [-0.15, -0.1) is 0 Å². The first kappa shape index (κ1) is 26.1. The molecule has 0 fully saturated rings. The van der Waals surface area contributed by atoms with Crippen LogP contribution >= 0.6 is 0 Å². The van der Waals surface area contributed by atoms with Gasteiger partial charge in [-0.3, -0.25) is 14.9 Å². The maximum Gasteiger partial charge on any atom is 0.336 e. The molecule has 0 heterocycles. The van der Waals surface area contributed by atoms with E-state index in [4.69, 9.17) is 9.47 Å². The third kappa shape index (κ3) is 8.36. The molecule has 7 heteroatoms. The largest absolute Gasteiger partial charge is 0.494 e. The van der Waals surface area contributed by atoms with Crippen LogP contribution in [0.3, 0.4) is 0 Å². The van der Waals surface area contributed by atoms with Crippen LogP contribution in [0.2, 0.25) is 0 Å². The van der Waals surface area contributed by atoms with Crippen LogP contribution in [0, 0.1) is 10.1 Å². The average Bonchev–Trinajstić information content (AvgIpc) is 2.89. The number of carbonyl (C=O) groups excluding carboxylic acids is 2. The second kappa shape index (κ2) is 13.4. The molecule has 0 N–H and O–H groups in total. The van der Waals surface area contributed by atoms with Crippen LogP contribution in [0.5, 0.6) is 11.5 Å². The van der Waals surface area contributed by atoms with E-state index in [-0.39, 0.29) is 11.5 Å². The van der Waals surface area contributed by atoms with Crippen LogP contribution in [-0.4, -0.2) is 23.3 Å². The predicted octanol–water partition coefficient (Wildman–Crippen LogP) is 6.68. The molecule has 0 bridgehead atoms. The normalized spacial score (nSPS) is 11.0. The summed E-state index contributed by atoms with van der Waals surface area (Å²) in [7, 11) is 0. The van der Waals surface area contributed by atoms with E-state index in [0.29, 0.717) is 23.5 Å². The Labute approximate surface area is 209 Å². The molecule has 0 saturated carbocycles. The molecular weight excluding hydrogens is 458 g/mol. The lowest BCUT2D eigenvalue weighted by molar-refractivity contribution is -0.384. The molecule has 0 aliphatic heterocycles. The van der Waals surface area contributed by atoms with E-state index in [2.05, 4.69) is 6.92 Å². The van der Waals surface area contributed by atoms with Crippen LogP contribution in [0.25, 0.3) is 12.2 Å². The Kier molecular flexibility index (Phi) is 9.70. The van der Waals surface area contributed by atoms with Crippen molar-refractivity contribution in [1.82, 2.24) is 0 Å². The molecule has 36 heavy (non-hydrogen) atoms. The minimum atomic E-state index is -0.530. The summed E-state index contributed by atoms with van der Waals surface area (Å²) in [6, 6.07) is 19.6. The smallest absolute Gasteiger partial charge is 0.336 e. The van der Waals surface area contributed by atoms with Gasteiger partial charge in [0.05, 0.1) is 11.5 Å². The molecule has 0 amide bonds. The second-order valence-electron chi connectivity index (χ2n) is 7.95. The van der Waals surface area contributed by atoms with Crippen LogP contribution < -0.4 is 9.47 Å². The van der Waals surface area contributed by atoms with Gasteiger partial charge in [0.25, 0.3) is 5.69 Å².